The number of rotatable bonds is 5. The third-order valence-electron chi connectivity index (χ3n) is 3.14. The maximum atomic E-state index is 11.9. The molecule has 1 aliphatic heterocycles. The molecule has 3 rings (SSSR count). The van der Waals surface area contributed by atoms with Gasteiger partial charge in [0.2, 0.25) is 5.91 Å². The number of amides is 1. The van der Waals surface area contributed by atoms with E-state index in [0.29, 0.717) is 18.3 Å². The Morgan fingerprint density at radius 1 is 1.59 bits per heavy atom. The lowest BCUT2D eigenvalue weighted by Gasteiger charge is -2.08. The number of aryl methyl sites for hydroxylation is 1. The van der Waals surface area contributed by atoms with Crippen LogP contribution in [0.3, 0.4) is 0 Å². The maximum Gasteiger partial charge on any atom is 0.306 e. The minimum Gasteiger partial charge on any atom is -0.375 e. The first-order valence-electron chi connectivity index (χ1n) is 6.65. The van der Waals surface area contributed by atoms with Gasteiger partial charge in [0.1, 0.15) is 12.4 Å². The molecule has 2 aromatic rings. The largest absolute Gasteiger partial charge is 0.375 e. The Morgan fingerprint density at radius 2 is 2.45 bits per heavy atom. The first-order chi connectivity index (χ1) is 10.6. The lowest BCUT2D eigenvalue weighted by Crippen LogP contribution is -2.14. The molecule has 0 radical (unpaired) electrons. The minimum atomic E-state index is -0.522. The Balaban J connectivity index is 1.53. The predicted molar refractivity (Wildman–Crippen MR) is 77.6 cm³/mol. The van der Waals surface area contributed by atoms with Crippen molar-refractivity contribution < 1.29 is 14.5 Å². The average Bonchev–Trinajstić information content (AvgIpc) is 3.11. The molecule has 10 heteroatoms. The number of aromatic nitrogens is 3. The minimum absolute atomic E-state index is 0.0898. The second-order valence-electron chi connectivity index (χ2n) is 4.71. The molecule has 0 spiro atoms. The number of nitro groups is 1. The molecule has 0 saturated heterocycles. The van der Waals surface area contributed by atoms with E-state index in [1.807, 2.05) is 0 Å². The van der Waals surface area contributed by atoms with Crippen molar-refractivity contribution >= 4 is 28.1 Å². The van der Waals surface area contributed by atoms with Crippen molar-refractivity contribution in [3.05, 3.63) is 33.1 Å². The van der Waals surface area contributed by atoms with Crippen LogP contribution in [0.25, 0.3) is 0 Å². The fraction of sp³-hybridized carbons (Fsp3) is 0.417. The summed E-state index contributed by atoms with van der Waals surface area (Å²) in [6, 6.07) is 0. The van der Waals surface area contributed by atoms with Crippen LogP contribution in [-0.2, 0) is 29.1 Å². The fourth-order valence-corrected chi connectivity index (χ4v) is 3.01. The molecule has 3 heterocycles. The monoisotopic (exact) mass is 323 g/mol. The van der Waals surface area contributed by atoms with Gasteiger partial charge in [0.15, 0.2) is 5.13 Å². The van der Waals surface area contributed by atoms with E-state index in [0.717, 1.165) is 23.2 Å². The van der Waals surface area contributed by atoms with Gasteiger partial charge in [0, 0.05) is 19.4 Å². The molecular formula is C12H13N5O4S. The van der Waals surface area contributed by atoms with Crippen molar-refractivity contribution in [2.75, 3.05) is 11.9 Å². The molecule has 22 heavy (non-hydrogen) atoms. The van der Waals surface area contributed by atoms with Crippen LogP contribution >= 0.6 is 11.3 Å². The summed E-state index contributed by atoms with van der Waals surface area (Å²) in [6.07, 6.45) is 3.39. The number of thiazole rings is 1. The summed E-state index contributed by atoms with van der Waals surface area (Å²) in [7, 11) is 0. The zero-order chi connectivity index (χ0) is 15.5. The molecule has 0 saturated carbocycles. The Labute approximate surface area is 129 Å². The molecule has 0 fully saturated rings. The number of ether oxygens (including phenoxy) is 1. The van der Waals surface area contributed by atoms with Crippen LogP contribution < -0.4 is 5.32 Å². The predicted octanol–water partition coefficient (Wildman–Crippen LogP) is 1.35. The van der Waals surface area contributed by atoms with Gasteiger partial charge in [-0.3, -0.25) is 19.6 Å². The van der Waals surface area contributed by atoms with Crippen LogP contribution in [-0.4, -0.2) is 32.2 Å². The topological polar surface area (TPSA) is 112 Å². The third-order valence-corrected chi connectivity index (χ3v) is 4.13. The van der Waals surface area contributed by atoms with E-state index >= 15 is 0 Å². The molecule has 0 aliphatic carbocycles. The zero-order valence-electron chi connectivity index (χ0n) is 11.5. The second kappa shape index (κ2) is 6.20. The molecular weight excluding hydrogens is 310 g/mol. The lowest BCUT2D eigenvalue weighted by molar-refractivity contribution is -0.385. The van der Waals surface area contributed by atoms with Crippen LogP contribution in [0.1, 0.15) is 17.0 Å². The highest BCUT2D eigenvalue weighted by Gasteiger charge is 2.17. The van der Waals surface area contributed by atoms with E-state index < -0.39 is 4.92 Å². The van der Waals surface area contributed by atoms with Crippen LogP contribution in [0.5, 0.6) is 0 Å². The number of nitrogens with zero attached hydrogens (tertiary/aromatic N) is 4. The van der Waals surface area contributed by atoms with Crippen molar-refractivity contribution in [1.29, 1.82) is 0 Å². The van der Waals surface area contributed by atoms with Crippen molar-refractivity contribution in [2.24, 2.45) is 0 Å². The number of hydrogen-bond acceptors (Lipinski definition) is 7. The van der Waals surface area contributed by atoms with E-state index in [-0.39, 0.29) is 24.6 Å². The Morgan fingerprint density at radius 3 is 3.18 bits per heavy atom. The number of fused-ring (bicyclic) bond motifs is 1. The van der Waals surface area contributed by atoms with Gasteiger partial charge < -0.3 is 10.1 Å². The first-order valence-corrected chi connectivity index (χ1v) is 7.46. The average molecular weight is 323 g/mol. The Bertz CT molecular complexity index is 687. The summed E-state index contributed by atoms with van der Waals surface area (Å²) >= 11 is 1.41. The molecule has 116 valence electrons. The molecule has 9 nitrogen and oxygen atoms in total. The molecule has 0 atom stereocenters. The number of hydrogen-bond donors (Lipinski definition) is 1. The van der Waals surface area contributed by atoms with E-state index in [9.17, 15) is 14.9 Å². The Kier molecular flexibility index (Phi) is 4.11. The SMILES string of the molecule is O=C(CCn1cc([N+](=O)[O-])cn1)Nc1nc2c(s1)COCC2. The van der Waals surface area contributed by atoms with Gasteiger partial charge in [0.25, 0.3) is 0 Å². The summed E-state index contributed by atoms with van der Waals surface area (Å²) in [5, 5.41) is 17.7. The maximum absolute atomic E-state index is 11.9. The van der Waals surface area contributed by atoms with Crippen LogP contribution in [0, 0.1) is 10.1 Å². The van der Waals surface area contributed by atoms with Gasteiger partial charge in [-0.25, -0.2) is 4.98 Å². The van der Waals surface area contributed by atoms with Gasteiger partial charge in [0.05, 0.1) is 28.7 Å². The molecule has 0 aromatic carbocycles. The fourth-order valence-electron chi connectivity index (χ4n) is 2.05. The van der Waals surface area contributed by atoms with Crippen molar-refractivity contribution in [1.82, 2.24) is 14.8 Å². The molecule has 0 unspecified atom stereocenters. The number of carbonyl (C=O) groups excluding carboxylic acids is 1. The quantitative estimate of drug-likeness (QED) is 0.656. The molecule has 1 amide bonds. The summed E-state index contributed by atoms with van der Waals surface area (Å²) in [5.41, 5.74) is 0.891. The van der Waals surface area contributed by atoms with Gasteiger partial charge in [-0.15, -0.1) is 0 Å². The highest BCUT2D eigenvalue weighted by molar-refractivity contribution is 7.15. The van der Waals surface area contributed by atoms with E-state index in [2.05, 4.69) is 15.4 Å². The number of nitrogens with one attached hydrogen (secondary N) is 1. The smallest absolute Gasteiger partial charge is 0.306 e. The molecule has 2 aromatic heterocycles. The van der Waals surface area contributed by atoms with Crippen molar-refractivity contribution in [3.63, 3.8) is 0 Å². The normalized spacial score (nSPS) is 13.6. The Hall–Kier alpha value is -2.33. The van der Waals surface area contributed by atoms with E-state index in [1.54, 1.807) is 0 Å². The molecule has 1 aliphatic rings. The summed E-state index contributed by atoms with van der Waals surface area (Å²) < 4.78 is 6.71. The summed E-state index contributed by atoms with van der Waals surface area (Å²) in [6.45, 7) is 1.47. The van der Waals surface area contributed by atoms with Gasteiger partial charge in [-0.1, -0.05) is 11.3 Å². The van der Waals surface area contributed by atoms with Crippen molar-refractivity contribution in [3.8, 4) is 0 Å². The highest BCUT2D eigenvalue weighted by atomic mass is 32.1. The first kappa shape index (κ1) is 14.6. The van der Waals surface area contributed by atoms with Crippen molar-refractivity contribution in [2.45, 2.75) is 26.0 Å². The van der Waals surface area contributed by atoms with Crippen LogP contribution in [0.4, 0.5) is 10.8 Å². The van der Waals surface area contributed by atoms with Gasteiger partial charge in [-0.05, 0) is 0 Å². The third kappa shape index (κ3) is 3.28. The van der Waals surface area contributed by atoms with Crippen LogP contribution in [0.2, 0.25) is 0 Å². The highest BCUT2D eigenvalue weighted by Crippen LogP contribution is 2.27. The standard InChI is InChI=1S/C12H13N5O4S/c18-11(1-3-16-6-8(5-13-16)17(19)20)15-12-14-9-2-4-21-7-10(9)22-12/h5-6H,1-4,7H2,(H,14,15,18). The lowest BCUT2D eigenvalue weighted by atomic mass is 10.2. The van der Waals surface area contributed by atoms with Crippen LogP contribution in [0.15, 0.2) is 12.4 Å². The van der Waals surface area contributed by atoms with E-state index in [4.69, 9.17) is 4.74 Å². The second-order valence-corrected chi connectivity index (χ2v) is 5.79. The molecule has 0 bridgehead atoms. The summed E-state index contributed by atoms with van der Waals surface area (Å²) in [4.78, 5) is 27.3. The summed E-state index contributed by atoms with van der Waals surface area (Å²) in [5.74, 6) is -0.204. The molecule has 1 N–H and O–H groups in total. The van der Waals surface area contributed by atoms with Gasteiger partial charge in [-0.2, -0.15) is 5.10 Å². The number of anilines is 1. The zero-order valence-corrected chi connectivity index (χ0v) is 12.3. The number of carbonyl (C=O) groups is 1. The van der Waals surface area contributed by atoms with Gasteiger partial charge >= 0.3 is 5.69 Å². The van der Waals surface area contributed by atoms with E-state index in [1.165, 1.54) is 22.2 Å².